The standard InChI is InChI=1S/C9H13N5O2/c1-2-14-7(11-6-12-14)5-13-8(15)3-10-4-9(13)16/h6,10H,2-5H2,1H3. The highest BCUT2D eigenvalue weighted by Gasteiger charge is 2.26. The SMILES string of the molecule is CCn1ncnc1CN1C(=O)CNCC1=O. The van der Waals surface area contributed by atoms with Gasteiger partial charge in [-0.3, -0.25) is 19.8 Å². The Balaban J connectivity index is 2.13. The van der Waals surface area contributed by atoms with Crippen molar-refractivity contribution in [1.29, 1.82) is 0 Å². The Morgan fingerprint density at radius 1 is 1.38 bits per heavy atom. The summed E-state index contributed by atoms with van der Waals surface area (Å²) in [6, 6.07) is 0. The molecule has 16 heavy (non-hydrogen) atoms. The van der Waals surface area contributed by atoms with Gasteiger partial charge >= 0.3 is 0 Å². The smallest absolute Gasteiger partial charge is 0.243 e. The number of rotatable bonds is 3. The lowest BCUT2D eigenvalue weighted by Gasteiger charge is -2.24. The third-order valence-corrected chi connectivity index (χ3v) is 2.45. The summed E-state index contributed by atoms with van der Waals surface area (Å²) in [7, 11) is 0. The van der Waals surface area contributed by atoms with E-state index in [9.17, 15) is 9.59 Å². The maximum absolute atomic E-state index is 11.5. The van der Waals surface area contributed by atoms with Gasteiger partial charge in [0.15, 0.2) is 0 Å². The van der Waals surface area contributed by atoms with E-state index in [0.717, 1.165) is 0 Å². The Morgan fingerprint density at radius 2 is 2.06 bits per heavy atom. The number of piperazine rings is 1. The molecule has 1 aliphatic rings. The molecule has 0 radical (unpaired) electrons. The molecule has 1 N–H and O–H groups in total. The summed E-state index contributed by atoms with van der Waals surface area (Å²) in [6.45, 7) is 3.20. The van der Waals surface area contributed by atoms with Gasteiger partial charge in [-0.05, 0) is 6.92 Å². The number of amides is 2. The van der Waals surface area contributed by atoms with Gasteiger partial charge in [-0.2, -0.15) is 5.10 Å². The van der Waals surface area contributed by atoms with E-state index >= 15 is 0 Å². The molecule has 0 atom stereocenters. The monoisotopic (exact) mass is 223 g/mol. The zero-order valence-corrected chi connectivity index (χ0v) is 9.01. The number of hydrogen-bond acceptors (Lipinski definition) is 5. The van der Waals surface area contributed by atoms with Crippen LogP contribution in [0.25, 0.3) is 0 Å². The summed E-state index contributed by atoms with van der Waals surface area (Å²) >= 11 is 0. The predicted molar refractivity (Wildman–Crippen MR) is 54.1 cm³/mol. The molecule has 0 unspecified atom stereocenters. The molecule has 0 aromatic carbocycles. The van der Waals surface area contributed by atoms with Gasteiger partial charge in [0.1, 0.15) is 12.2 Å². The highest BCUT2D eigenvalue weighted by molar-refractivity contribution is 5.99. The molecule has 1 aromatic rings. The second-order valence-corrected chi connectivity index (χ2v) is 3.47. The van der Waals surface area contributed by atoms with Gasteiger partial charge in [0.05, 0.1) is 19.6 Å². The third kappa shape index (κ3) is 1.94. The second-order valence-electron chi connectivity index (χ2n) is 3.47. The number of nitrogens with zero attached hydrogens (tertiary/aromatic N) is 4. The topological polar surface area (TPSA) is 80.1 Å². The first kappa shape index (κ1) is 10.7. The maximum Gasteiger partial charge on any atom is 0.243 e. The van der Waals surface area contributed by atoms with Crippen LogP contribution in [0.2, 0.25) is 0 Å². The number of nitrogens with one attached hydrogen (secondary N) is 1. The number of hydrogen-bond donors (Lipinski definition) is 1. The Bertz CT molecular complexity index is 398. The van der Waals surface area contributed by atoms with Crippen molar-refractivity contribution in [2.75, 3.05) is 13.1 Å². The van der Waals surface area contributed by atoms with E-state index in [4.69, 9.17) is 0 Å². The molecule has 0 spiro atoms. The van der Waals surface area contributed by atoms with Crippen molar-refractivity contribution in [1.82, 2.24) is 25.0 Å². The lowest BCUT2D eigenvalue weighted by atomic mass is 10.3. The molecule has 86 valence electrons. The summed E-state index contributed by atoms with van der Waals surface area (Å²) < 4.78 is 1.67. The quantitative estimate of drug-likeness (QED) is 0.648. The average Bonchev–Trinajstić information content (AvgIpc) is 2.71. The Hall–Kier alpha value is -1.76. The zero-order chi connectivity index (χ0) is 11.5. The fourth-order valence-electron chi connectivity index (χ4n) is 1.60. The summed E-state index contributed by atoms with van der Waals surface area (Å²) in [5.74, 6) is 0.190. The summed E-state index contributed by atoms with van der Waals surface area (Å²) in [6.07, 6.45) is 1.43. The minimum absolute atomic E-state index is 0.200. The van der Waals surface area contributed by atoms with E-state index < -0.39 is 0 Å². The molecule has 2 rings (SSSR count). The van der Waals surface area contributed by atoms with Crippen LogP contribution < -0.4 is 5.32 Å². The van der Waals surface area contributed by atoms with Crippen molar-refractivity contribution >= 4 is 11.8 Å². The van der Waals surface area contributed by atoms with Crippen molar-refractivity contribution in [3.05, 3.63) is 12.2 Å². The molecule has 1 aliphatic heterocycles. The molecule has 2 amide bonds. The molecular formula is C9H13N5O2. The van der Waals surface area contributed by atoms with Crippen LogP contribution in [0.3, 0.4) is 0 Å². The van der Waals surface area contributed by atoms with Crippen LogP contribution in [0.4, 0.5) is 0 Å². The molecule has 0 aliphatic carbocycles. The van der Waals surface area contributed by atoms with E-state index in [0.29, 0.717) is 12.4 Å². The van der Waals surface area contributed by atoms with Crippen LogP contribution in [0.15, 0.2) is 6.33 Å². The maximum atomic E-state index is 11.5. The lowest BCUT2D eigenvalue weighted by molar-refractivity contribution is -0.147. The van der Waals surface area contributed by atoms with Crippen LogP contribution in [0, 0.1) is 0 Å². The van der Waals surface area contributed by atoms with Gasteiger partial charge in [-0.1, -0.05) is 0 Å². The van der Waals surface area contributed by atoms with Gasteiger partial charge in [-0.15, -0.1) is 0 Å². The first-order chi connectivity index (χ1) is 7.72. The van der Waals surface area contributed by atoms with E-state index in [-0.39, 0.29) is 31.4 Å². The lowest BCUT2D eigenvalue weighted by Crippen LogP contribution is -2.51. The summed E-state index contributed by atoms with van der Waals surface area (Å²) in [5, 5.41) is 6.73. The van der Waals surface area contributed by atoms with Crippen LogP contribution in [0.1, 0.15) is 12.7 Å². The number of carbonyl (C=O) groups excluding carboxylic acids is 2. The number of aromatic nitrogens is 3. The van der Waals surface area contributed by atoms with E-state index in [1.54, 1.807) is 4.68 Å². The Labute approximate surface area is 92.4 Å². The normalized spacial score (nSPS) is 16.9. The number of carbonyl (C=O) groups is 2. The average molecular weight is 223 g/mol. The van der Waals surface area contributed by atoms with Gasteiger partial charge in [0, 0.05) is 6.54 Å². The molecule has 1 fully saturated rings. The van der Waals surface area contributed by atoms with Crippen molar-refractivity contribution < 1.29 is 9.59 Å². The third-order valence-electron chi connectivity index (χ3n) is 2.45. The highest BCUT2D eigenvalue weighted by Crippen LogP contribution is 2.04. The number of imide groups is 1. The molecule has 0 bridgehead atoms. The van der Waals surface area contributed by atoms with E-state index in [2.05, 4.69) is 15.4 Å². The molecule has 0 saturated carbocycles. The summed E-state index contributed by atoms with van der Waals surface area (Å²) in [5.41, 5.74) is 0. The molecule has 1 aromatic heterocycles. The first-order valence-corrected chi connectivity index (χ1v) is 5.13. The first-order valence-electron chi connectivity index (χ1n) is 5.13. The molecular weight excluding hydrogens is 210 g/mol. The fourth-order valence-corrected chi connectivity index (χ4v) is 1.60. The van der Waals surface area contributed by atoms with Crippen LogP contribution in [-0.4, -0.2) is 44.6 Å². The molecule has 7 heteroatoms. The Morgan fingerprint density at radius 3 is 2.69 bits per heavy atom. The predicted octanol–water partition coefficient (Wildman–Crippen LogP) is -1.24. The minimum atomic E-state index is -0.220. The molecule has 7 nitrogen and oxygen atoms in total. The second kappa shape index (κ2) is 4.40. The van der Waals surface area contributed by atoms with Crippen molar-refractivity contribution in [2.24, 2.45) is 0 Å². The van der Waals surface area contributed by atoms with Crippen LogP contribution >= 0.6 is 0 Å². The van der Waals surface area contributed by atoms with Gasteiger partial charge in [-0.25, -0.2) is 9.67 Å². The zero-order valence-electron chi connectivity index (χ0n) is 9.01. The molecule has 1 saturated heterocycles. The van der Waals surface area contributed by atoms with E-state index in [1.807, 2.05) is 6.92 Å². The van der Waals surface area contributed by atoms with Crippen LogP contribution in [0.5, 0.6) is 0 Å². The van der Waals surface area contributed by atoms with Gasteiger partial charge in [0.2, 0.25) is 11.8 Å². The van der Waals surface area contributed by atoms with Crippen molar-refractivity contribution in [3.8, 4) is 0 Å². The number of aryl methyl sites for hydroxylation is 1. The largest absolute Gasteiger partial charge is 0.300 e. The molecule has 2 heterocycles. The van der Waals surface area contributed by atoms with Crippen LogP contribution in [-0.2, 0) is 22.7 Å². The summed E-state index contributed by atoms with van der Waals surface area (Å²) in [4.78, 5) is 28.3. The minimum Gasteiger partial charge on any atom is -0.300 e. The highest BCUT2D eigenvalue weighted by atomic mass is 16.2. The van der Waals surface area contributed by atoms with Gasteiger partial charge < -0.3 is 0 Å². The van der Waals surface area contributed by atoms with Crippen molar-refractivity contribution in [3.63, 3.8) is 0 Å². The van der Waals surface area contributed by atoms with Gasteiger partial charge in [0.25, 0.3) is 0 Å². The Kier molecular flexibility index (Phi) is 2.95. The van der Waals surface area contributed by atoms with E-state index in [1.165, 1.54) is 11.2 Å². The van der Waals surface area contributed by atoms with Crippen molar-refractivity contribution in [2.45, 2.75) is 20.0 Å². The fraction of sp³-hybridized carbons (Fsp3) is 0.556.